The molecule has 2 aromatic carbocycles. The highest BCUT2D eigenvalue weighted by atomic mass is 35.5. The molecule has 0 saturated carbocycles. The summed E-state index contributed by atoms with van der Waals surface area (Å²) in [4.78, 5) is 16.2. The zero-order valence-corrected chi connectivity index (χ0v) is 12.8. The van der Waals surface area contributed by atoms with Gasteiger partial charge in [0.05, 0.1) is 16.3 Å². The second kappa shape index (κ2) is 6.36. The van der Waals surface area contributed by atoms with Crippen molar-refractivity contribution in [1.29, 1.82) is 0 Å². The number of carbonyl (C=O) groups is 1. The quantitative estimate of drug-likeness (QED) is 0.847. The van der Waals surface area contributed by atoms with Crippen LogP contribution in [0.5, 0.6) is 0 Å². The molecule has 0 bridgehead atoms. The van der Waals surface area contributed by atoms with E-state index in [1.165, 1.54) is 12.1 Å². The summed E-state index contributed by atoms with van der Waals surface area (Å²) in [6.07, 6.45) is 0. The van der Waals surface area contributed by atoms with Crippen molar-refractivity contribution in [3.8, 4) is 0 Å². The first-order valence-corrected chi connectivity index (χ1v) is 7.58. The van der Waals surface area contributed by atoms with Gasteiger partial charge in [-0.25, -0.2) is 4.39 Å². The molecule has 3 nitrogen and oxygen atoms in total. The summed E-state index contributed by atoms with van der Waals surface area (Å²) in [5.74, 6) is -0.724. The van der Waals surface area contributed by atoms with E-state index in [0.29, 0.717) is 31.2 Å². The average molecular weight is 319 g/mol. The van der Waals surface area contributed by atoms with Crippen molar-refractivity contribution in [2.45, 2.75) is 0 Å². The third-order valence-electron chi connectivity index (χ3n) is 3.86. The summed E-state index contributed by atoms with van der Waals surface area (Å²) in [6.45, 7) is 2.48. The molecular formula is C17H16ClFN2O. The van der Waals surface area contributed by atoms with Crippen LogP contribution in [-0.4, -0.2) is 37.0 Å². The van der Waals surface area contributed by atoms with E-state index in [-0.39, 0.29) is 11.5 Å². The standard InChI is InChI=1S/C17H16ClFN2O/c18-14-6-2-4-8-16(14)20-9-11-21(12-10-20)17(22)13-5-1-3-7-15(13)19/h1-8H,9-12H2. The monoisotopic (exact) mass is 318 g/mol. The van der Waals surface area contributed by atoms with Gasteiger partial charge in [-0.3, -0.25) is 4.79 Å². The Labute approximate surface area is 133 Å². The first kappa shape index (κ1) is 14.9. The molecule has 1 heterocycles. The Kier molecular flexibility index (Phi) is 4.29. The van der Waals surface area contributed by atoms with Gasteiger partial charge in [0.1, 0.15) is 5.82 Å². The number of nitrogens with zero attached hydrogens (tertiary/aromatic N) is 2. The molecule has 0 aromatic heterocycles. The molecule has 114 valence electrons. The summed E-state index contributed by atoms with van der Waals surface area (Å²) in [7, 11) is 0. The number of rotatable bonds is 2. The van der Waals surface area contributed by atoms with Crippen LogP contribution in [0.15, 0.2) is 48.5 Å². The van der Waals surface area contributed by atoms with Gasteiger partial charge in [-0.2, -0.15) is 0 Å². The van der Waals surface area contributed by atoms with Gasteiger partial charge in [-0.05, 0) is 24.3 Å². The Hall–Kier alpha value is -2.07. The number of para-hydroxylation sites is 1. The van der Waals surface area contributed by atoms with E-state index in [1.807, 2.05) is 24.3 Å². The van der Waals surface area contributed by atoms with E-state index in [1.54, 1.807) is 17.0 Å². The number of halogens is 2. The molecule has 0 radical (unpaired) electrons. The molecule has 22 heavy (non-hydrogen) atoms. The van der Waals surface area contributed by atoms with Gasteiger partial charge in [0.25, 0.3) is 5.91 Å². The Morgan fingerprint density at radius 3 is 2.27 bits per heavy atom. The summed E-state index contributed by atoms with van der Waals surface area (Å²) in [5, 5.41) is 0.705. The molecule has 0 atom stereocenters. The van der Waals surface area contributed by atoms with Gasteiger partial charge in [0.15, 0.2) is 0 Å². The molecule has 0 N–H and O–H groups in total. The molecule has 5 heteroatoms. The van der Waals surface area contributed by atoms with E-state index < -0.39 is 5.82 Å². The fraction of sp³-hybridized carbons (Fsp3) is 0.235. The molecule has 2 aromatic rings. The van der Waals surface area contributed by atoms with Crippen LogP contribution >= 0.6 is 11.6 Å². The van der Waals surface area contributed by atoms with Crippen molar-refractivity contribution in [1.82, 2.24) is 4.90 Å². The second-order valence-electron chi connectivity index (χ2n) is 5.21. The SMILES string of the molecule is O=C(c1ccccc1F)N1CCN(c2ccccc2Cl)CC1. The van der Waals surface area contributed by atoms with Crippen molar-refractivity contribution in [3.63, 3.8) is 0 Å². The zero-order valence-electron chi connectivity index (χ0n) is 12.0. The second-order valence-corrected chi connectivity index (χ2v) is 5.62. The van der Waals surface area contributed by atoms with Crippen LogP contribution in [0.25, 0.3) is 0 Å². The lowest BCUT2D eigenvalue weighted by molar-refractivity contribution is 0.0742. The smallest absolute Gasteiger partial charge is 0.256 e. The molecule has 1 aliphatic heterocycles. The van der Waals surface area contributed by atoms with E-state index >= 15 is 0 Å². The molecule has 0 aliphatic carbocycles. The molecule has 1 fully saturated rings. The summed E-state index contributed by atoms with van der Waals surface area (Å²) >= 11 is 6.20. The molecule has 0 spiro atoms. The molecule has 1 saturated heterocycles. The number of piperazine rings is 1. The normalized spacial score (nSPS) is 15.0. The average Bonchev–Trinajstić information content (AvgIpc) is 2.55. The Balaban J connectivity index is 1.68. The van der Waals surface area contributed by atoms with Crippen LogP contribution in [0.4, 0.5) is 10.1 Å². The van der Waals surface area contributed by atoms with E-state index in [2.05, 4.69) is 4.90 Å². The molecule has 0 unspecified atom stereocenters. The van der Waals surface area contributed by atoms with Gasteiger partial charge in [-0.15, -0.1) is 0 Å². The fourth-order valence-corrected chi connectivity index (χ4v) is 2.92. The number of benzene rings is 2. The molecular weight excluding hydrogens is 303 g/mol. The fourth-order valence-electron chi connectivity index (χ4n) is 2.66. The van der Waals surface area contributed by atoms with Gasteiger partial charge in [0, 0.05) is 26.2 Å². The Morgan fingerprint density at radius 1 is 0.955 bits per heavy atom. The third-order valence-corrected chi connectivity index (χ3v) is 4.18. The predicted octanol–water partition coefficient (Wildman–Crippen LogP) is 3.44. The first-order chi connectivity index (χ1) is 10.7. The van der Waals surface area contributed by atoms with Crippen LogP contribution in [0.2, 0.25) is 5.02 Å². The maximum atomic E-state index is 13.7. The van der Waals surface area contributed by atoms with Crippen molar-refractivity contribution in [2.24, 2.45) is 0 Å². The third kappa shape index (κ3) is 2.92. The topological polar surface area (TPSA) is 23.6 Å². The lowest BCUT2D eigenvalue weighted by Gasteiger charge is -2.36. The highest BCUT2D eigenvalue weighted by Crippen LogP contribution is 2.26. The highest BCUT2D eigenvalue weighted by molar-refractivity contribution is 6.33. The highest BCUT2D eigenvalue weighted by Gasteiger charge is 2.24. The van der Waals surface area contributed by atoms with Crippen molar-refractivity contribution < 1.29 is 9.18 Å². The number of hydrogen-bond acceptors (Lipinski definition) is 2. The molecule has 3 rings (SSSR count). The number of amides is 1. The number of carbonyl (C=O) groups excluding carboxylic acids is 1. The van der Waals surface area contributed by atoms with Crippen molar-refractivity contribution >= 4 is 23.2 Å². The number of hydrogen-bond donors (Lipinski definition) is 0. The van der Waals surface area contributed by atoms with Crippen LogP contribution in [0, 0.1) is 5.82 Å². The minimum Gasteiger partial charge on any atom is -0.367 e. The zero-order chi connectivity index (χ0) is 15.5. The van der Waals surface area contributed by atoms with E-state index in [4.69, 9.17) is 11.6 Å². The lowest BCUT2D eigenvalue weighted by Crippen LogP contribution is -2.49. The van der Waals surface area contributed by atoms with Crippen LogP contribution in [-0.2, 0) is 0 Å². The summed E-state index contributed by atoms with van der Waals surface area (Å²) in [6, 6.07) is 13.8. The van der Waals surface area contributed by atoms with E-state index in [0.717, 1.165) is 5.69 Å². The predicted molar refractivity (Wildman–Crippen MR) is 86.0 cm³/mol. The molecule has 1 aliphatic rings. The first-order valence-electron chi connectivity index (χ1n) is 7.20. The summed E-state index contributed by atoms with van der Waals surface area (Å²) < 4.78 is 13.7. The maximum absolute atomic E-state index is 13.7. The van der Waals surface area contributed by atoms with Crippen LogP contribution in [0.1, 0.15) is 10.4 Å². The summed E-state index contributed by atoms with van der Waals surface area (Å²) in [5.41, 5.74) is 1.11. The maximum Gasteiger partial charge on any atom is 0.256 e. The van der Waals surface area contributed by atoms with Gasteiger partial charge in [-0.1, -0.05) is 35.9 Å². The minimum atomic E-state index is -0.471. The van der Waals surface area contributed by atoms with Gasteiger partial charge < -0.3 is 9.80 Å². The van der Waals surface area contributed by atoms with Gasteiger partial charge >= 0.3 is 0 Å². The van der Waals surface area contributed by atoms with Gasteiger partial charge in [0.2, 0.25) is 0 Å². The number of anilines is 1. The van der Waals surface area contributed by atoms with Crippen LogP contribution in [0.3, 0.4) is 0 Å². The Morgan fingerprint density at radius 2 is 1.59 bits per heavy atom. The van der Waals surface area contributed by atoms with Crippen LogP contribution < -0.4 is 4.90 Å². The minimum absolute atomic E-state index is 0.133. The Bertz CT molecular complexity index is 684. The lowest BCUT2D eigenvalue weighted by atomic mass is 10.1. The largest absolute Gasteiger partial charge is 0.367 e. The van der Waals surface area contributed by atoms with Crippen molar-refractivity contribution in [3.05, 3.63) is 64.9 Å². The van der Waals surface area contributed by atoms with Crippen molar-refractivity contribution in [2.75, 3.05) is 31.1 Å². The molecule has 1 amide bonds. The van der Waals surface area contributed by atoms with E-state index in [9.17, 15) is 9.18 Å².